The van der Waals surface area contributed by atoms with Gasteiger partial charge >= 0.3 is 0 Å². The van der Waals surface area contributed by atoms with Crippen molar-refractivity contribution in [2.45, 2.75) is 0 Å². The number of nitrogens with zero attached hydrogens (tertiary/aromatic N) is 1. The third kappa shape index (κ3) is 2.95. The lowest BCUT2D eigenvalue weighted by Gasteiger charge is -2.09. The molecule has 2 aromatic rings. The normalized spacial score (nSPS) is 10.0. The molecule has 0 unspecified atom stereocenters. The third-order valence-corrected chi connectivity index (χ3v) is 2.77. The number of ether oxygens (including phenoxy) is 1. The Hall–Kier alpha value is -2.27. The summed E-state index contributed by atoms with van der Waals surface area (Å²) in [5.41, 5.74) is 0.790. The number of carbonyl (C=O) groups excluding carboxylic acids is 1. The van der Waals surface area contributed by atoms with E-state index in [2.05, 4.69) is 10.3 Å². The minimum absolute atomic E-state index is 0.0961. The van der Waals surface area contributed by atoms with Crippen molar-refractivity contribution in [1.82, 2.24) is 4.98 Å². The van der Waals surface area contributed by atoms with E-state index in [-0.39, 0.29) is 16.7 Å². The molecule has 5 nitrogen and oxygen atoms in total. The van der Waals surface area contributed by atoms with Crippen molar-refractivity contribution in [1.29, 1.82) is 0 Å². The number of hydrogen-bond acceptors (Lipinski definition) is 4. The monoisotopic (exact) mass is 278 g/mol. The summed E-state index contributed by atoms with van der Waals surface area (Å²) < 4.78 is 5.05. The fraction of sp³-hybridized carbons (Fsp3) is 0.0769. The zero-order valence-corrected chi connectivity index (χ0v) is 10.8. The van der Waals surface area contributed by atoms with Gasteiger partial charge in [0.1, 0.15) is 11.5 Å². The van der Waals surface area contributed by atoms with Gasteiger partial charge in [0.25, 0.3) is 5.91 Å². The maximum atomic E-state index is 12.1. The van der Waals surface area contributed by atoms with Gasteiger partial charge in [-0.1, -0.05) is 11.6 Å². The first-order valence-electron chi connectivity index (χ1n) is 5.39. The molecule has 0 aliphatic carbocycles. The van der Waals surface area contributed by atoms with Crippen LogP contribution in [0.25, 0.3) is 0 Å². The smallest absolute Gasteiger partial charge is 0.259 e. The minimum atomic E-state index is -0.360. The van der Waals surface area contributed by atoms with Crippen LogP contribution in [-0.4, -0.2) is 23.1 Å². The fourth-order valence-electron chi connectivity index (χ4n) is 1.52. The number of aromatic nitrogens is 1. The second kappa shape index (κ2) is 5.58. The number of rotatable bonds is 3. The lowest BCUT2D eigenvalue weighted by molar-refractivity contribution is 0.102. The van der Waals surface area contributed by atoms with E-state index in [0.717, 1.165) is 0 Å². The largest absolute Gasteiger partial charge is 0.506 e. The lowest BCUT2D eigenvalue weighted by atomic mass is 10.2. The van der Waals surface area contributed by atoms with Crippen LogP contribution in [-0.2, 0) is 0 Å². The van der Waals surface area contributed by atoms with E-state index in [1.807, 2.05) is 0 Å². The molecule has 2 rings (SSSR count). The second-order valence-corrected chi connectivity index (χ2v) is 4.10. The molecule has 0 saturated carbocycles. The van der Waals surface area contributed by atoms with Crippen molar-refractivity contribution < 1.29 is 14.6 Å². The molecule has 0 fully saturated rings. The molecule has 0 aliphatic heterocycles. The van der Waals surface area contributed by atoms with Crippen LogP contribution in [0.2, 0.25) is 5.02 Å². The first-order valence-corrected chi connectivity index (χ1v) is 5.77. The van der Waals surface area contributed by atoms with Crippen LogP contribution in [0, 0.1) is 0 Å². The van der Waals surface area contributed by atoms with E-state index >= 15 is 0 Å². The molecule has 1 aromatic carbocycles. The summed E-state index contributed by atoms with van der Waals surface area (Å²) in [6, 6.07) is 6.00. The number of anilines is 1. The Bertz CT molecular complexity index is 617. The number of hydrogen-bond donors (Lipinski definition) is 2. The molecule has 1 amide bonds. The zero-order valence-electron chi connectivity index (χ0n) is 10.1. The highest BCUT2D eigenvalue weighted by Gasteiger charge is 2.12. The molecular weight excluding hydrogens is 268 g/mol. The van der Waals surface area contributed by atoms with Crippen LogP contribution in [0.3, 0.4) is 0 Å². The Morgan fingerprint density at radius 3 is 2.89 bits per heavy atom. The number of aromatic hydroxyl groups is 1. The van der Waals surface area contributed by atoms with Crippen LogP contribution in [0.15, 0.2) is 36.7 Å². The second-order valence-electron chi connectivity index (χ2n) is 3.70. The summed E-state index contributed by atoms with van der Waals surface area (Å²) in [6.45, 7) is 0. The molecule has 0 bridgehead atoms. The van der Waals surface area contributed by atoms with Crippen molar-refractivity contribution in [2.75, 3.05) is 12.4 Å². The fourth-order valence-corrected chi connectivity index (χ4v) is 1.64. The van der Waals surface area contributed by atoms with Gasteiger partial charge in [0.15, 0.2) is 0 Å². The van der Waals surface area contributed by atoms with Crippen LogP contribution >= 0.6 is 11.6 Å². The number of benzene rings is 1. The van der Waals surface area contributed by atoms with Crippen molar-refractivity contribution in [3.05, 3.63) is 47.2 Å². The van der Waals surface area contributed by atoms with Gasteiger partial charge in [0, 0.05) is 18.0 Å². The van der Waals surface area contributed by atoms with Crippen LogP contribution < -0.4 is 10.1 Å². The Morgan fingerprint density at radius 2 is 2.21 bits per heavy atom. The number of nitrogens with one attached hydrogen (secondary N) is 1. The molecule has 0 radical (unpaired) electrons. The summed E-state index contributed by atoms with van der Waals surface area (Å²) in [5, 5.41) is 12.3. The standard InChI is InChI=1S/C13H11ClN2O3/c1-19-12-7-15-5-4-9(12)13(18)16-8-2-3-10(14)11(17)6-8/h2-7,17H,1H3,(H,16,18). The number of pyridine rings is 1. The Labute approximate surface area is 114 Å². The summed E-state index contributed by atoms with van der Waals surface area (Å²) in [6.07, 6.45) is 2.95. The van der Waals surface area contributed by atoms with Crippen LogP contribution in [0.5, 0.6) is 11.5 Å². The Kier molecular flexibility index (Phi) is 3.87. The molecular formula is C13H11ClN2O3. The van der Waals surface area contributed by atoms with Gasteiger partial charge in [-0.3, -0.25) is 9.78 Å². The number of methoxy groups -OCH3 is 1. The number of carbonyl (C=O) groups is 1. The molecule has 6 heteroatoms. The van der Waals surface area contributed by atoms with E-state index in [1.54, 1.807) is 12.1 Å². The molecule has 19 heavy (non-hydrogen) atoms. The Morgan fingerprint density at radius 1 is 1.42 bits per heavy atom. The molecule has 1 heterocycles. The number of amides is 1. The number of halogens is 1. The summed E-state index contributed by atoms with van der Waals surface area (Å²) in [7, 11) is 1.46. The predicted octanol–water partition coefficient (Wildman–Crippen LogP) is 2.70. The third-order valence-electron chi connectivity index (χ3n) is 2.45. The topological polar surface area (TPSA) is 71.5 Å². The molecule has 2 N–H and O–H groups in total. The van der Waals surface area contributed by atoms with Crippen molar-refractivity contribution in [3.63, 3.8) is 0 Å². The Balaban J connectivity index is 2.23. The van der Waals surface area contributed by atoms with Gasteiger partial charge in [-0.2, -0.15) is 0 Å². The van der Waals surface area contributed by atoms with Gasteiger partial charge in [-0.15, -0.1) is 0 Å². The number of phenolic OH excluding ortho intramolecular Hbond substituents is 1. The molecule has 0 aliphatic rings. The highest BCUT2D eigenvalue weighted by molar-refractivity contribution is 6.32. The first-order chi connectivity index (χ1) is 9.11. The van der Waals surface area contributed by atoms with E-state index in [4.69, 9.17) is 16.3 Å². The summed E-state index contributed by atoms with van der Waals surface area (Å²) in [5.74, 6) is -0.0830. The van der Waals surface area contributed by atoms with Gasteiger partial charge in [-0.05, 0) is 18.2 Å². The van der Waals surface area contributed by atoms with Crippen molar-refractivity contribution in [2.24, 2.45) is 0 Å². The maximum Gasteiger partial charge on any atom is 0.259 e. The first kappa shape index (κ1) is 13.2. The molecule has 0 saturated heterocycles. The molecule has 0 spiro atoms. The average molecular weight is 279 g/mol. The van der Waals surface area contributed by atoms with Gasteiger partial charge < -0.3 is 15.2 Å². The SMILES string of the molecule is COc1cnccc1C(=O)Nc1ccc(Cl)c(O)c1. The molecule has 0 atom stereocenters. The highest BCUT2D eigenvalue weighted by atomic mass is 35.5. The van der Waals surface area contributed by atoms with E-state index in [1.165, 1.54) is 31.6 Å². The zero-order chi connectivity index (χ0) is 13.8. The summed E-state index contributed by atoms with van der Waals surface area (Å²) >= 11 is 5.69. The minimum Gasteiger partial charge on any atom is -0.506 e. The lowest BCUT2D eigenvalue weighted by Crippen LogP contribution is -2.13. The van der Waals surface area contributed by atoms with E-state index in [0.29, 0.717) is 17.0 Å². The van der Waals surface area contributed by atoms with Gasteiger partial charge in [-0.25, -0.2) is 0 Å². The highest BCUT2D eigenvalue weighted by Crippen LogP contribution is 2.27. The average Bonchev–Trinajstić information content (AvgIpc) is 2.43. The van der Waals surface area contributed by atoms with E-state index in [9.17, 15) is 9.90 Å². The quantitative estimate of drug-likeness (QED) is 0.905. The van der Waals surface area contributed by atoms with Crippen molar-refractivity contribution >= 4 is 23.2 Å². The van der Waals surface area contributed by atoms with Crippen LogP contribution in [0.4, 0.5) is 5.69 Å². The van der Waals surface area contributed by atoms with Gasteiger partial charge in [0.05, 0.1) is 23.9 Å². The van der Waals surface area contributed by atoms with Crippen LogP contribution in [0.1, 0.15) is 10.4 Å². The molecule has 98 valence electrons. The predicted molar refractivity (Wildman–Crippen MR) is 71.9 cm³/mol. The maximum absolute atomic E-state index is 12.1. The van der Waals surface area contributed by atoms with Gasteiger partial charge in [0.2, 0.25) is 0 Å². The summed E-state index contributed by atoms with van der Waals surface area (Å²) in [4.78, 5) is 15.9. The van der Waals surface area contributed by atoms with E-state index < -0.39 is 0 Å². The number of phenols is 1. The van der Waals surface area contributed by atoms with Crippen molar-refractivity contribution in [3.8, 4) is 11.5 Å². The molecule has 1 aromatic heterocycles.